The fraction of sp³-hybridized carbons (Fsp3) is 0.389. The van der Waals surface area contributed by atoms with E-state index >= 15 is 0 Å². The number of thioether (sulfide) groups is 2. The van der Waals surface area contributed by atoms with Crippen LogP contribution in [0.5, 0.6) is 11.5 Å². The number of hydrogen-bond acceptors (Lipinski definition) is 6. The van der Waals surface area contributed by atoms with E-state index in [0.29, 0.717) is 12.3 Å². The lowest BCUT2D eigenvalue weighted by molar-refractivity contribution is -0.127. The number of rotatable bonds is 8. The van der Waals surface area contributed by atoms with Crippen molar-refractivity contribution >= 4 is 29.4 Å². The number of hydrogen-bond donors (Lipinski definition) is 0. The van der Waals surface area contributed by atoms with E-state index in [-0.39, 0.29) is 11.3 Å². The molecule has 134 valence electrons. The predicted octanol–water partition coefficient (Wildman–Crippen LogP) is 3.80. The normalized spacial score (nSPS) is 17.1. The van der Waals surface area contributed by atoms with Gasteiger partial charge in [0.1, 0.15) is 22.6 Å². The van der Waals surface area contributed by atoms with Crippen molar-refractivity contribution in [2.75, 3.05) is 32.3 Å². The molecular weight excluding hydrogens is 358 g/mol. The molecule has 0 aliphatic carbocycles. The summed E-state index contributed by atoms with van der Waals surface area (Å²) < 4.78 is 16.2. The number of nitrogens with zero attached hydrogens (tertiary/aromatic N) is 1. The zero-order valence-electron chi connectivity index (χ0n) is 14.3. The third-order valence-corrected chi connectivity index (χ3v) is 6.17. The van der Waals surface area contributed by atoms with Crippen molar-refractivity contribution in [2.24, 2.45) is 0 Å². The lowest BCUT2D eigenvalue weighted by atomic mass is 10.1. The maximum Gasteiger partial charge on any atom is 0.233 e. The maximum atomic E-state index is 12.3. The smallest absolute Gasteiger partial charge is 0.233 e. The van der Waals surface area contributed by atoms with Gasteiger partial charge in [0.2, 0.25) is 5.91 Å². The average Bonchev–Trinajstić information content (AvgIpc) is 3.28. The van der Waals surface area contributed by atoms with Crippen molar-refractivity contribution in [3.8, 4) is 11.5 Å². The van der Waals surface area contributed by atoms with Gasteiger partial charge >= 0.3 is 0 Å². The predicted molar refractivity (Wildman–Crippen MR) is 101 cm³/mol. The largest absolute Gasteiger partial charge is 0.497 e. The highest BCUT2D eigenvalue weighted by Gasteiger charge is 2.34. The van der Waals surface area contributed by atoms with Crippen LogP contribution in [0.25, 0.3) is 0 Å². The van der Waals surface area contributed by atoms with Gasteiger partial charge in [-0.1, -0.05) is 0 Å². The first kappa shape index (κ1) is 18.1. The van der Waals surface area contributed by atoms with Gasteiger partial charge in [0.25, 0.3) is 0 Å². The number of furan rings is 1. The van der Waals surface area contributed by atoms with E-state index in [1.54, 1.807) is 44.0 Å². The van der Waals surface area contributed by atoms with Gasteiger partial charge in [0, 0.05) is 17.9 Å². The molecule has 0 saturated carbocycles. The number of ether oxygens (including phenoxy) is 2. The zero-order valence-corrected chi connectivity index (χ0v) is 15.9. The van der Waals surface area contributed by atoms with Crippen LogP contribution < -0.4 is 9.47 Å². The van der Waals surface area contributed by atoms with E-state index in [1.165, 1.54) is 0 Å². The highest BCUT2D eigenvalue weighted by atomic mass is 32.2. The Morgan fingerprint density at radius 1 is 1.32 bits per heavy atom. The average molecular weight is 380 g/mol. The number of carbonyl (C=O) groups is 1. The minimum atomic E-state index is -0.0400. The van der Waals surface area contributed by atoms with Gasteiger partial charge in [-0.15, -0.1) is 11.8 Å². The molecule has 1 aliphatic rings. The fourth-order valence-electron chi connectivity index (χ4n) is 2.72. The maximum absolute atomic E-state index is 12.3. The van der Waals surface area contributed by atoms with Gasteiger partial charge in [-0.3, -0.25) is 4.79 Å². The van der Waals surface area contributed by atoms with Crippen LogP contribution in [0.1, 0.15) is 16.7 Å². The van der Waals surface area contributed by atoms with Crippen LogP contribution in [0.3, 0.4) is 0 Å². The van der Waals surface area contributed by atoms with Crippen LogP contribution >= 0.6 is 23.5 Å². The van der Waals surface area contributed by atoms with Gasteiger partial charge in [-0.2, -0.15) is 11.8 Å². The summed E-state index contributed by atoms with van der Waals surface area (Å²) in [6, 6.07) is 9.57. The molecule has 0 N–H and O–H groups in total. The molecule has 1 fully saturated rings. The van der Waals surface area contributed by atoms with Crippen LogP contribution in [-0.4, -0.2) is 43.1 Å². The highest BCUT2D eigenvalue weighted by molar-refractivity contribution is 8.00. The molecule has 1 amide bonds. The van der Waals surface area contributed by atoms with Crippen LogP contribution in [0.15, 0.2) is 41.0 Å². The standard InChI is InChI=1S/C18H21NO4S2/c1-21-13-5-6-16(22-2)15(10-13)18-19(17(20)12-25-18)7-9-24-11-14-4-3-8-23-14/h3-6,8,10,18H,7,9,11-12H2,1-2H3. The van der Waals surface area contributed by atoms with Gasteiger partial charge < -0.3 is 18.8 Å². The molecule has 1 aromatic carbocycles. The number of methoxy groups -OCH3 is 2. The molecule has 25 heavy (non-hydrogen) atoms. The molecule has 1 unspecified atom stereocenters. The fourth-order valence-corrected chi connectivity index (χ4v) is 4.78. The monoisotopic (exact) mass is 379 g/mol. The Balaban J connectivity index is 1.67. The van der Waals surface area contributed by atoms with E-state index in [4.69, 9.17) is 13.9 Å². The van der Waals surface area contributed by atoms with Crippen LogP contribution in [0.2, 0.25) is 0 Å². The molecule has 0 radical (unpaired) electrons. The SMILES string of the molecule is COc1ccc(OC)c(C2SCC(=O)N2CCSCc2ccco2)c1. The molecule has 1 aliphatic heterocycles. The molecule has 2 heterocycles. The molecule has 0 bridgehead atoms. The van der Waals surface area contributed by atoms with Crippen molar-refractivity contribution in [3.63, 3.8) is 0 Å². The van der Waals surface area contributed by atoms with Crippen molar-refractivity contribution in [1.82, 2.24) is 4.90 Å². The van der Waals surface area contributed by atoms with Gasteiger partial charge in [0.05, 0.1) is 32.0 Å². The Labute approximate surface area is 156 Å². The number of carbonyl (C=O) groups excluding carboxylic acids is 1. The molecule has 1 aromatic heterocycles. The van der Waals surface area contributed by atoms with E-state index in [0.717, 1.165) is 34.3 Å². The summed E-state index contributed by atoms with van der Waals surface area (Å²) in [7, 11) is 3.29. The van der Waals surface area contributed by atoms with Crippen molar-refractivity contribution in [1.29, 1.82) is 0 Å². The number of amides is 1. The van der Waals surface area contributed by atoms with Crippen LogP contribution in [0, 0.1) is 0 Å². The summed E-state index contributed by atoms with van der Waals surface area (Å²) in [5.74, 6) is 4.83. The summed E-state index contributed by atoms with van der Waals surface area (Å²) in [6.45, 7) is 0.697. The molecule has 5 nitrogen and oxygen atoms in total. The molecule has 1 atom stereocenters. The highest BCUT2D eigenvalue weighted by Crippen LogP contribution is 2.43. The molecule has 0 spiro atoms. The first-order chi connectivity index (χ1) is 12.2. The van der Waals surface area contributed by atoms with Crippen molar-refractivity contribution in [3.05, 3.63) is 47.9 Å². The first-order valence-electron chi connectivity index (χ1n) is 7.96. The van der Waals surface area contributed by atoms with Crippen molar-refractivity contribution < 1.29 is 18.7 Å². The Hall–Kier alpha value is -1.73. The molecule has 7 heteroatoms. The molecular formula is C18H21NO4S2. The summed E-state index contributed by atoms with van der Waals surface area (Å²) in [6.07, 6.45) is 1.68. The minimum Gasteiger partial charge on any atom is -0.497 e. The van der Waals surface area contributed by atoms with Crippen LogP contribution in [0.4, 0.5) is 0 Å². The van der Waals surface area contributed by atoms with Crippen molar-refractivity contribution in [2.45, 2.75) is 11.1 Å². The lowest BCUT2D eigenvalue weighted by Crippen LogP contribution is -2.30. The van der Waals surface area contributed by atoms with Gasteiger partial charge in [-0.05, 0) is 30.3 Å². The summed E-state index contributed by atoms with van der Waals surface area (Å²) in [5.41, 5.74) is 0.980. The second-order valence-corrected chi connectivity index (χ2v) is 7.66. The Morgan fingerprint density at radius 2 is 2.20 bits per heavy atom. The summed E-state index contributed by atoms with van der Waals surface area (Å²) in [4.78, 5) is 14.3. The Bertz CT molecular complexity index is 705. The quantitative estimate of drug-likeness (QED) is 0.650. The summed E-state index contributed by atoms with van der Waals surface area (Å²) in [5, 5.41) is -0.0400. The van der Waals surface area contributed by atoms with E-state index in [1.807, 2.05) is 35.2 Å². The zero-order chi connectivity index (χ0) is 17.6. The van der Waals surface area contributed by atoms with Crippen LogP contribution in [-0.2, 0) is 10.5 Å². The molecule has 3 rings (SSSR count). The Kier molecular flexibility index (Phi) is 6.20. The van der Waals surface area contributed by atoms with E-state index in [2.05, 4.69) is 0 Å². The second kappa shape index (κ2) is 8.58. The summed E-state index contributed by atoms with van der Waals surface area (Å²) >= 11 is 3.39. The van der Waals surface area contributed by atoms with Gasteiger partial charge in [-0.25, -0.2) is 0 Å². The lowest BCUT2D eigenvalue weighted by Gasteiger charge is -2.25. The van der Waals surface area contributed by atoms with E-state index in [9.17, 15) is 4.79 Å². The Morgan fingerprint density at radius 3 is 2.92 bits per heavy atom. The minimum absolute atomic E-state index is 0.0400. The van der Waals surface area contributed by atoms with E-state index < -0.39 is 0 Å². The van der Waals surface area contributed by atoms with Gasteiger partial charge in [0.15, 0.2) is 0 Å². The molecule has 2 aromatic rings. The third kappa shape index (κ3) is 4.27. The first-order valence-corrected chi connectivity index (χ1v) is 10.2. The molecule has 1 saturated heterocycles. The topological polar surface area (TPSA) is 51.9 Å². The number of benzene rings is 1. The second-order valence-electron chi connectivity index (χ2n) is 5.49. The third-order valence-electron chi connectivity index (χ3n) is 3.97.